The highest BCUT2D eigenvalue weighted by Crippen LogP contribution is 2.63. The summed E-state index contributed by atoms with van der Waals surface area (Å²) in [5.41, 5.74) is 17.4. The molecule has 356 valence electrons. The Labute approximate surface area is 416 Å². The molecule has 1 aliphatic heterocycles. The Balaban J connectivity index is 0.000000131. The monoisotopic (exact) mass is 964 g/mol. The quantitative estimate of drug-likeness (QED) is 0.0914. The lowest BCUT2D eigenvalue weighted by Crippen LogP contribution is -2.48. The van der Waals surface area contributed by atoms with Crippen molar-refractivity contribution in [3.8, 4) is 20.9 Å². The molecule has 4 aromatic heterocycles. The average Bonchev–Trinajstić information content (AvgIpc) is 4.24. The maximum absolute atomic E-state index is 12.8. The van der Waals surface area contributed by atoms with Crippen molar-refractivity contribution < 1.29 is 4.79 Å². The second-order valence-electron chi connectivity index (χ2n) is 22.4. The number of anilines is 2. The second-order valence-corrected chi connectivity index (χ2v) is 24.5. The van der Waals surface area contributed by atoms with E-state index in [-0.39, 0.29) is 18.1 Å². The highest BCUT2D eigenvalue weighted by Gasteiger charge is 2.54. The first kappa shape index (κ1) is 42.9. The number of amides is 2. The number of imidazole rings is 2. The third-order valence-corrected chi connectivity index (χ3v) is 20.4. The van der Waals surface area contributed by atoms with Crippen molar-refractivity contribution in [2.75, 3.05) is 23.3 Å². The highest BCUT2D eigenvalue weighted by atomic mass is 32.1. The number of nitrogens with one attached hydrogen (secondary N) is 4. The molecule has 9 aliphatic rings. The van der Waals surface area contributed by atoms with Crippen LogP contribution in [-0.4, -0.2) is 49.0 Å². The first-order chi connectivity index (χ1) is 34.3. The van der Waals surface area contributed by atoms with E-state index >= 15 is 0 Å². The maximum Gasteiger partial charge on any atom is 0.322 e. The van der Waals surface area contributed by atoms with E-state index in [0.29, 0.717) is 23.9 Å². The van der Waals surface area contributed by atoms with Crippen LogP contribution in [0.4, 0.5) is 16.2 Å². The van der Waals surface area contributed by atoms with Crippen molar-refractivity contribution in [2.45, 2.75) is 100.0 Å². The SMILES string of the molecule is NCC(Nc1ccc2nc[nH]c2c1)c1ccc(-c2cnc(C34CC5CC(CC(C5)C3)C4)s2)cc1.O=C1NCC(c2ccc(-c3cnc(C45CC6CC(CC(C6)C4)C5)s3)cc2)N1c1ccc2nc[nH]c2c1. The highest BCUT2D eigenvalue weighted by molar-refractivity contribution is 7.15. The molecule has 0 spiro atoms. The Hall–Kier alpha value is -5.89. The van der Waals surface area contributed by atoms with Crippen molar-refractivity contribution in [1.29, 1.82) is 0 Å². The predicted molar refractivity (Wildman–Crippen MR) is 281 cm³/mol. The van der Waals surface area contributed by atoms with Gasteiger partial charge in [0.2, 0.25) is 0 Å². The number of fused-ring (bicyclic) bond motifs is 2. The van der Waals surface area contributed by atoms with Crippen molar-refractivity contribution >= 4 is 62.1 Å². The topological polar surface area (TPSA) is 154 Å². The summed E-state index contributed by atoms with van der Waals surface area (Å²) in [6, 6.07) is 29.7. The Morgan fingerprint density at radius 2 is 1.13 bits per heavy atom. The van der Waals surface area contributed by atoms with Crippen LogP contribution in [0, 0.1) is 35.5 Å². The molecule has 2 atom stereocenters. The number of carbonyl (C=O) groups is 1. The molecule has 11 nitrogen and oxygen atoms in total. The number of benzene rings is 4. The molecule has 2 unspecified atom stereocenters. The number of aromatic amines is 2. The van der Waals surface area contributed by atoms with Crippen molar-refractivity contribution in [1.82, 2.24) is 35.2 Å². The van der Waals surface area contributed by atoms with Gasteiger partial charge in [-0.25, -0.2) is 24.7 Å². The lowest BCUT2D eigenvalue weighted by molar-refractivity contribution is -0.00539. The molecule has 9 fully saturated rings. The molecule has 70 heavy (non-hydrogen) atoms. The molecule has 8 saturated carbocycles. The van der Waals surface area contributed by atoms with E-state index in [2.05, 4.69) is 104 Å². The minimum atomic E-state index is -0.0642. The molecule has 13 heteroatoms. The van der Waals surface area contributed by atoms with Gasteiger partial charge in [-0.1, -0.05) is 48.5 Å². The second kappa shape index (κ2) is 16.9. The molecule has 2 amide bonds. The number of H-pyrrole nitrogens is 2. The Kier molecular flexibility index (Phi) is 10.4. The summed E-state index contributed by atoms with van der Waals surface area (Å²) in [4.78, 5) is 42.1. The molecule has 0 radical (unpaired) electrons. The fraction of sp³-hybridized carbons (Fsp3) is 0.421. The summed E-state index contributed by atoms with van der Waals surface area (Å²) in [5, 5.41) is 9.39. The number of rotatable bonds is 10. The van der Waals surface area contributed by atoms with Crippen LogP contribution in [0.15, 0.2) is 110 Å². The molecule has 8 aromatic rings. The van der Waals surface area contributed by atoms with Gasteiger partial charge in [0.25, 0.3) is 0 Å². The van der Waals surface area contributed by atoms with Gasteiger partial charge < -0.3 is 26.3 Å². The van der Waals surface area contributed by atoms with E-state index in [1.165, 1.54) is 114 Å². The number of hydrogen-bond acceptors (Lipinski definition) is 9. The summed E-state index contributed by atoms with van der Waals surface area (Å²) in [5.74, 6) is 5.65. The number of carbonyl (C=O) groups excluding carboxylic acids is 1. The number of hydrogen-bond donors (Lipinski definition) is 5. The van der Waals surface area contributed by atoms with Gasteiger partial charge in [0.05, 0.1) is 66.6 Å². The minimum absolute atomic E-state index is 0.0454. The standard InChI is InChI=1S/C29H29N5OS.C28H31N5S/c35-28-31-14-25(34(28)22-5-6-23-24(10-22)33-16-32-23)20-1-3-21(4-2-20)26-15-30-27(36-26)29-11-17-7-18(12-29)9-19(8-17)13-29;29-14-25(33-22-5-6-23-24(10-22)32-16-31-23)20-1-3-21(4-2-20)26-15-30-27(34-26)28-11-17-7-18(12-28)9-19(8-17)13-28/h1-6,10,15-19,25H,7-9,11-14H2,(H,31,35)(H,32,33);1-6,10,15-19,25,33H,7-9,11-14,29H2,(H,31,32). The van der Waals surface area contributed by atoms with Crippen LogP contribution < -0.4 is 21.3 Å². The lowest BCUT2D eigenvalue weighted by atomic mass is 9.50. The molecule has 1 saturated heterocycles. The molecule has 6 N–H and O–H groups in total. The summed E-state index contributed by atoms with van der Waals surface area (Å²) in [6.07, 6.45) is 24.6. The predicted octanol–water partition coefficient (Wildman–Crippen LogP) is 12.7. The van der Waals surface area contributed by atoms with Crippen molar-refractivity contribution in [3.05, 3.63) is 131 Å². The van der Waals surface area contributed by atoms with Gasteiger partial charge in [0, 0.05) is 47.7 Å². The van der Waals surface area contributed by atoms with Gasteiger partial charge >= 0.3 is 6.03 Å². The lowest BCUT2D eigenvalue weighted by Gasteiger charge is -2.56. The van der Waals surface area contributed by atoms with E-state index in [1.807, 2.05) is 51.8 Å². The van der Waals surface area contributed by atoms with Crippen LogP contribution in [0.5, 0.6) is 0 Å². The van der Waals surface area contributed by atoms with Gasteiger partial charge in [-0.15, -0.1) is 22.7 Å². The van der Waals surface area contributed by atoms with Gasteiger partial charge in [-0.2, -0.15) is 0 Å². The normalized spacial score (nSPS) is 29.7. The van der Waals surface area contributed by atoms with Crippen LogP contribution in [-0.2, 0) is 10.8 Å². The van der Waals surface area contributed by atoms with E-state index in [0.717, 1.165) is 74.5 Å². The van der Waals surface area contributed by atoms with Gasteiger partial charge in [0.1, 0.15) is 0 Å². The van der Waals surface area contributed by atoms with Crippen LogP contribution in [0.25, 0.3) is 42.9 Å². The zero-order valence-electron chi connectivity index (χ0n) is 39.4. The van der Waals surface area contributed by atoms with Crippen molar-refractivity contribution in [2.24, 2.45) is 41.2 Å². The zero-order chi connectivity index (χ0) is 46.6. The van der Waals surface area contributed by atoms with E-state index in [4.69, 9.17) is 15.7 Å². The number of thiazole rings is 2. The molecule has 5 heterocycles. The fourth-order valence-corrected chi connectivity index (χ4v) is 17.7. The van der Waals surface area contributed by atoms with E-state index < -0.39 is 0 Å². The first-order valence-corrected chi connectivity index (χ1v) is 27.5. The molecule has 17 rings (SSSR count). The summed E-state index contributed by atoms with van der Waals surface area (Å²) < 4.78 is 0. The third kappa shape index (κ3) is 7.56. The zero-order valence-corrected chi connectivity index (χ0v) is 41.1. The number of nitrogens with zero attached hydrogens (tertiary/aromatic N) is 5. The van der Waals surface area contributed by atoms with Gasteiger partial charge in [0.15, 0.2) is 0 Å². The van der Waals surface area contributed by atoms with Crippen LogP contribution in [0.3, 0.4) is 0 Å². The Bertz CT molecular complexity index is 3150. The Morgan fingerprint density at radius 3 is 1.66 bits per heavy atom. The minimum Gasteiger partial charge on any atom is -0.377 e. The summed E-state index contributed by atoms with van der Waals surface area (Å²) >= 11 is 3.85. The summed E-state index contributed by atoms with van der Waals surface area (Å²) in [7, 11) is 0. The number of urea groups is 1. The summed E-state index contributed by atoms with van der Waals surface area (Å²) in [6.45, 7) is 1.12. The van der Waals surface area contributed by atoms with Gasteiger partial charge in [-0.3, -0.25) is 4.90 Å². The van der Waals surface area contributed by atoms with Crippen molar-refractivity contribution in [3.63, 3.8) is 0 Å². The smallest absolute Gasteiger partial charge is 0.322 e. The van der Waals surface area contributed by atoms with Crippen LogP contribution in [0.1, 0.15) is 110 Å². The van der Waals surface area contributed by atoms with E-state index in [1.54, 1.807) is 12.7 Å². The van der Waals surface area contributed by atoms with Gasteiger partial charge in [-0.05, 0) is 171 Å². The molecular weight excluding hydrogens is 905 g/mol. The first-order valence-electron chi connectivity index (χ1n) is 25.8. The molecule has 8 aliphatic carbocycles. The maximum atomic E-state index is 12.8. The van der Waals surface area contributed by atoms with E-state index in [9.17, 15) is 4.79 Å². The molecule has 4 aromatic carbocycles. The van der Waals surface area contributed by atoms with Crippen LogP contribution in [0.2, 0.25) is 0 Å². The largest absolute Gasteiger partial charge is 0.377 e. The molecule has 8 bridgehead atoms. The fourth-order valence-electron chi connectivity index (χ4n) is 15.4. The number of aromatic nitrogens is 6. The molecular formula is C57H60N10OS2. The Morgan fingerprint density at radius 1 is 0.629 bits per heavy atom. The third-order valence-electron chi connectivity index (χ3n) is 17.8. The number of nitrogens with two attached hydrogens (primary N) is 1. The average molecular weight is 965 g/mol. The van der Waals surface area contributed by atoms with Crippen LogP contribution >= 0.6 is 22.7 Å².